The van der Waals surface area contributed by atoms with Crippen molar-refractivity contribution >= 4 is 11.5 Å². The number of nitrogen functional groups attached to an aromatic ring is 1. The van der Waals surface area contributed by atoms with Gasteiger partial charge >= 0.3 is 0 Å². The number of methoxy groups -OCH3 is 2. The third-order valence-corrected chi connectivity index (χ3v) is 4.32. The first-order valence-corrected chi connectivity index (χ1v) is 8.74. The number of rotatable bonds is 7. The average Bonchev–Trinajstić information content (AvgIpc) is 2.76. The van der Waals surface area contributed by atoms with Crippen LogP contribution in [0.1, 0.15) is 5.56 Å². The Balaban J connectivity index is 2.21. The second-order valence-electron chi connectivity index (χ2n) is 6.15. The topological polar surface area (TPSA) is 134 Å². The molecule has 9 heteroatoms. The largest absolute Gasteiger partial charge is 0.497 e. The highest BCUT2D eigenvalue weighted by atomic mass is 16.7. The number of hydrogen-bond donors (Lipinski definition) is 1. The molecule has 0 atom stereocenters. The van der Waals surface area contributed by atoms with Gasteiger partial charge in [-0.1, -0.05) is 12.1 Å². The second kappa shape index (κ2) is 8.89. The Bertz CT molecular complexity index is 1140. The van der Waals surface area contributed by atoms with Gasteiger partial charge in [-0.15, -0.1) is 0 Å². The minimum absolute atomic E-state index is 0.00364. The summed E-state index contributed by atoms with van der Waals surface area (Å²) in [6.07, 6.45) is 0. The predicted molar refractivity (Wildman–Crippen MR) is 110 cm³/mol. The van der Waals surface area contributed by atoms with Crippen molar-refractivity contribution in [2.24, 2.45) is 0 Å². The zero-order chi connectivity index (χ0) is 21.7. The van der Waals surface area contributed by atoms with Crippen molar-refractivity contribution in [3.8, 4) is 40.0 Å². The van der Waals surface area contributed by atoms with Gasteiger partial charge in [-0.2, -0.15) is 5.26 Å². The highest BCUT2D eigenvalue weighted by Gasteiger charge is 2.18. The van der Waals surface area contributed by atoms with E-state index < -0.39 is 4.92 Å². The second-order valence-corrected chi connectivity index (χ2v) is 6.15. The van der Waals surface area contributed by atoms with Crippen LogP contribution in [0, 0.1) is 21.4 Å². The molecule has 0 aliphatic heterocycles. The molecule has 9 nitrogen and oxygen atoms in total. The van der Waals surface area contributed by atoms with E-state index in [1.54, 1.807) is 36.4 Å². The maximum Gasteiger partial charge on any atom is 0.270 e. The van der Waals surface area contributed by atoms with Crippen LogP contribution in [-0.4, -0.2) is 30.9 Å². The summed E-state index contributed by atoms with van der Waals surface area (Å²) >= 11 is 0. The summed E-state index contributed by atoms with van der Waals surface area (Å²) in [5, 5.41) is 20.7. The molecule has 0 saturated carbocycles. The van der Waals surface area contributed by atoms with Crippen LogP contribution in [0.3, 0.4) is 0 Å². The summed E-state index contributed by atoms with van der Waals surface area (Å²) in [4.78, 5) is 15.0. The van der Waals surface area contributed by atoms with Crippen molar-refractivity contribution in [1.82, 2.24) is 4.98 Å². The van der Waals surface area contributed by atoms with Crippen LogP contribution in [-0.2, 0) is 4.74 Å². The first kappa shape index (κ1) is 20.6. The zero-order valence-corrected chi connectivity index (χ0v) is 16.3. The first-order valence-electron chi connectivity index (χ1n) is 8.74. The van der Waals surface area contributed by atoms with Crippen molar-refractivity contribution in [1.29, 1.82) is 5.26 Å². The molecule has 0 aliphatic rings. The number of nitro groups is 1. The smallest absolute Gasteiger partial charge is 0.270 e. The number of nitrogens with zero attached hydrogens (tertiary/aromatic N) is 3. The number of nitriles is 1. The van der Waals surface area contributed by atoms with Gasteiger partial charge in [0.05, 0.1) is 17.7 Å². The Kier molecular flexibility index (Phi) is 6.10. The maximum absolute atomic E-state index is 11.2. The zero-order valence-electron chi connectivity index (χ0n) is 16.3. The van der Waals surface area contributed by atoms with Gasteiger partial charge in [0.25, 0.3) is 5.69 Å². The molecular formula is C21H18N4O5. The lowest BCUT2D eigenvalue weighted by Crippen LogP contribution is -2.03. The Hall–Kier alpha value is -4.16. The van der Waals surface area contributed by atoms with Gasteiger partial charge in [0, 0.05) is 36.4 Å². The molecule has 0 fully saturated rings. The number of pyridine rings is 1. The third-order valence-electron chi connectivity index (χ3n) is 4.32. The standard InChI is InChI=1S/C21H18N4O5/c1-28-12-30-20-9-15(29-2)6-7-16(20)19-10-17(18(11-22)21(23)24-19)13-4-3-5-14(8-13)25(26)27/h3-10H,12H2,1-2H3,(H2,23,24). The van der Waals surface area contributed by atoms with Gasteiger partial charge in [-0.05, 0) is 23.8 Å². The molecule has 3 aromatic rings. The van der Waals surface area contributed by atoms with Gasteiger partial charge in [0.2, 0.25) is 0 Å². The molecule has 0 radical (unpaired) electrons. The van der Waals surface area contributed by atoms with Crippen molar-refractivity contribution < 1.29 is 19.1 Å². The summed E-state index contributed by atoms with van der Waals surface area (Å²) in [7, 11) is 3.03. The van der Waals surface area contributed by atoms with Gasteiger partial charge in [-0.3, -0.25) is 10.1 Å². The number of hydrogen-bond acceptors (Lipinski definition) is 8. The molecule has 0 saturated heterocycles. The molecule has 30 heavy (non-hydrogen) atoms. The van der Waals surface area contributed by atoms with E-state index in [-0.39, 0.29) is 23.9 Å². The summed E-state index contributed by atoms with van der Waals surface area (Å²) in [5.41, 5.74) is 8.02. The number of anilines is 1. The Morgan fingerprint density at radius 2 is 1.97 bits per heavy atom. The van der Waals surface area contributed by atoms with Gasteiger partial charge in [-0.25, -0.2) is 4.98 Å². The van der Waals surface area contributed by atoms with Crippen LogP contribution in [0.4, 0.5) is 11.5 Å². The van der Waals surface area contributed by atoms with Crippen LogP contribution >= 0.6 is 0 Å². The Labute approximate surface area is 172 Å². The molecule has 1 aromatic heterocycles. The average molecular weight is 406 g/mol. The molecule has 2 aromatic carbocycles. The van der Waals surface area contributed by atoms with Crippen molar-refractivity contribution in [3.05, 3.63) is 64.2 Å². The normalized spacial score (nSPS) is 10.3. The molecule has 152 valence electrons. The quantitative estimate of drug-likeness (QED) is 0.356. The molecule has 0 amide bonds. The Morgan fingerprint density at radius 3 is 2.63 bits per heavy atom. The lowest BCUT2D eigenvalue weighted by atomic mass is 9.97. The molecule has 0 unspecified atom stereocenters. The van der Waals surface area contributed by atoms with E-state index in [0.717, 1.165) is 0 Å². The van der Waals surface area contributed by atoms with E-state index in [1.807, 2.05) is 6.07 Å². The van der Waals surface area contributed by atoms with Gasteiger partial charge in [0.1, 0.15) is 28.9 Å². The third kappa shape index (κ3) is 4.14. The molecular weight excluding hydrogens is 388 g/mol. The minimum atomic E-state index is -0.499. The van der Waals surface area contributed by atoms with E-state index in [4.69, 9.17) is 19.9 Å². The highest BCUT2D eigenvalue weighted by molar-refractivity contribution is 5.82. The van der Waals surface area contributed by atoms with Gasteiger partial charge < -0.3 is 19.9 Å². The number of nitrogens with two attached hydrogens (primary N) is 1. The van der Waals surface area contributed by atoms with Crippen LogP contribution in [0.5, 0.6) is 11.5 Å². The number of ether oxygens (including phenoxy) is 3. The van der Waals surface area contributed by atoms with E-state index in [0.29, 0.717) is 33.9 Å². The molecule has 0 aliphatic carbocycles. The van der Waals surface area contributed by atoms with Crippen molar-refractivity contribution in [2.45, 2.75) is 0 Å². The minimum Gasteiger partial charge on any atom is -0.497 e. The fraction of sp³-hybridized carbons (Fsp3) is 0.143. The maximum atomic E-state index is 11.2. The van der Waals surface area contributed by atoms with E-state index in [9.17, 15) is 15.4 Å². The predicted octanol–water partition coefficient (Wildman–Crippen LogP) is 3.77. The number of non-ortho nitro benzene ring substituents is 1. The fourth-order valence-corrected chi connectivity index (χ4v) is 2.92. The summed E-state index contributed by atoms with van der Waals surface area (Å²) < 4.78 is 15.9. The molecule has 0 spiro atoms. The number of benzene rings is 2. The first-order chi connectivity index (χ1) is 14.5. The van der Waals surface area contributed by atoms with Crippen LogP contribution in [0.15, 0.2) is 48.5 Å². The van der Waals surface area contributed by atoms with E-state index in [1.165, 1.54) is 26.4 Å². The van der Waals surface area contributed by atoms with E-state index >= 15 is 0 Å². The fourth-order valence-electron chi connectivity index (χ4n) is 2.92. The molecule has 3 rings (SSSR count). The van der Waals surface area contributed by atoms with Crippen molar-refractivity contribution in [2.75, 3.05) is 26.7 Å². The number of nitro benzene ring substituents is 1. The van der Waals surface area contributed by atoms with Gasteiger partial charge in [0.15, 0.2) is 6.79 Å². The summed E-state index contributed by atoms with van der Waals surface area (Å²) in [6.45, 7) is 0.00364. The van der Waals surface area contributed by atoms with Crippen molar-refractivity contribution in [3.63, 3.8) is 0 Å². The monoisotopic (exact) mass is 406 g/mol. The van der Waals surface area contributed by atoms with Crippen LogP contribution in [0.2, 0.25) is 0 Å². The Morgan fingerprint density at radius 1 is 1.17 bits per heavy atom. The SMILES string of the molecule is COCOc1cc(OC)ccc1-c1cc(-c2cccc([N+](=O)[O-])c2)c(C#N)c(N)n1. The van der Waals surface area contributed by atoms with E-state index in [2.05, 4.69) is 4.98 Å². The lowest BCUT2D eigenvalue weighted by Gasteiger charge is -2.14. The molecule has 1 heterocycles. The number of aromatic nitrogens is 1. The summed E-state index contributed by atoms with van der Waals surface area (Å²) in [6, 6.07) is 14.8. The lowest BCUT2D eigenvalue weighted by molar-refractivity contribution is -0.384. The van der Waals surface area contributed by atoms with Crippen LogP contribution < -0.4 is 15.2 Å². The molecule has 2 N–H and O–H groups in total. The van der Waals surface area contributed by atoms with Crippen LogP contribution in [0.25, 0.3) is 22.4 Å². The summed E-state index contributed by atoms with van der Waals surface area (Å²) in [5.74, 6) is 1.02. The molecule has 0 bridgehead atoms. The highest BCUT2D eigenvalue weighted by Crippen LogP contribution is 2.37.